The Kier molecular flexibility index (Phi) is 2.11. The van der Waals surface area contributed by atoms with Gasteiger partial charge >= 0.3 is 6.55 Å². The Morgan fingerprint density at radius 3 is 2.67 bits per heavy atom. The molecule has 0 aliphatic rings. The maximum atomic E-state index is 12.5. The molecule has 0 bridgehead atoms. The molecule has 1 aromatic carbocycles. The second-order valence-corrected chi connectivity index (χ2v) is 2.97. The van der Waals surface area contributed by atoms with Crippen molar-refractivity contribution < 1.29 is 13.7 Å². The molecule has 0 fully saturated rings. The van der Waals surface area contributed by atoms with Gasteiger partial charge in [0, 0.05) is 12.3 Å². The number of non-ortho nitro benzene ring substituents is 1. The van der Waals surface area contributed by atoms with Gasteiger partial charge in [-0.15, -0.1) is 0 Å². The lowest BCUT2D eigenvalue weighted by atomic mass is 10.2. The molecule has 15 heavy (non-hydrogen) atoms. The van der Waals surface area contributed by atoms with Crippen molar-refractivity contribution in [3.05, 3.63) is 40.6 Å². The Hall–Kier alpha value is -1.98. The Labute approximate surface area is 82.9 Å². The molecule has 1 aromatic heterocycles. The fraction of sp³-hybridized carbons (Fsp3) is 0.111. The van der Waals surface area contributed by atoms with Crippen molar-refractivity contribution in [3.63, 3.8) is 0 Å². The molecular weight excluding hydrogens is 206 g/mol. The number of aromatic nitrogens is 1. The molecule has 0 amide bonds. The molecule has 0 aliphatic carbocycles. The molecule has 0 spiro atoms. The van der Waals surface area contributed by atoms with Crippen molar-refractivity contribution in [3.8, 4) is 0 Å². The van der Waals surface area contributed by atoms with Crippen LogP contribution in [0, 0.1) is 10.1 Å². The number of alkyl halides is 2. The lowest BCUT2D eigenvalue weighted by molar-refractivity contribution is -0.383. The highest BCUT2D eigenvalue weighted by Gasteiger charge is 2.16. The Morgan fingerprint density at radius 1 is 1.33 bits per heavy atom. The summed E-state index contributed by atoms with van der Waals surface area (Å²) in [6.07, 6.45) is 1.14. The molecule has 2 aromatic rings. The number of nitro benzene ring substituents is 1. The fourth-order valence-electron chi connectivity index (χ4n) is 1.50. The van der Waals surface area contributed by atoms with Crippen molar-refractivity contribution in [2.24, 2.45) is 0 Å². The largest absolute Gasteiger partial charge is 0.319 e. The molecule has 0 atom stereocenters. The number of hydrogen-bond donors (Lipinski definition) is 0. The van der Waals surface area contributed by atoms with E-state index in [1.54, 1.807) is 0 Å². The zero-order chi connectivity index (χ0) is 11.0. The predicted molar refractivity (Wildman–Crippen MR) is 49.8 cm³/mol. The number of nitro groups is 1. The topological polar surface area (TPSA) is 48.1 Å². The number of fused-ring (bicyclic) bond motifs is 1. The molecule has 0 unspecified atom stereocenters. The van der Waals surface area contributed by atoms with Gasteiger partial charge in [0.05, 0.1) is 15.8 Å². The molecule has 2 rings (SSSR count). The molecule has 0 radical (unpaired) electrons. The van der Waals surface area contributed by atoms with Crippen molar-refractivity contribution in [1.29, 1.82) is 0 Å². The third-order valence-corrected chi connectivity index (χ3v) is 2.15. The second kappa shape index (κ2) is 3.30. The van der Waals surface area contributed by atoms with Gasteiger partial charge in [-0.25, -0.2) is 0 Å². The third-order valence-electron chi connectivity index (χ3n) is 2.15. The van der Waals surface area contributed by atoms with Crippen molar-refractivity contribution in [1.82, 2.24) is 4.57 Å². The molecule has 0 saturated carbocycles. The van der Waals surface area contributed by atoms with E-state index >= 15 is 0 Å². The van der Waals surface area contributed by atoms with Gasteiger partial charge in [-0.1, -0.05) is 6.07 Å². The summed E-state index contributed by atoms with van der Waals surface area (Å²) in [7, 11) is 0. The van der Waals surface area contributed by atoms with E-state index < -0.39 is 11.5 Å². The van der Waals surface area contributed by atoms with E-state index in [4.69, 9.17) is 0 Å². The van der Waals surface area contributed by atoms with Crippen LogP contribution >= 0.6 is 0 Å². The van der Waals surface area contributed by atoms with Crippen LogP contribution in [-0.2, 0) is 0 Å². The number of nitrogens with zero attached hydrogens (tertiary/aromatic N) is 2. The molecule has 0 aliphatic heterocycles. The lowest BCUT2D eigenvalue weighted by Gasteiger charge is -2.02. The maximum Gasteiger partial charge on any atom is 0.319 e. The molecule has 4 nitrogen and oxygen atoms in total. The summed E-state index contributed by atoms with van der Waals surface area (Å²) in [6, 6.07) is 5.42. The Bertz CT molecular complexity index is 522. The smallest absolute Gasteiger partial charge is 0.291 e. The van der Waals surface area contributed by atoms with E-state index in [9.17, 15) is 18.9 Å². The van der Waals surface area contributed by atoms with Gasteiger partial charge in [0.2, 0.25) is 0 Å². The fourth-order valence-corrected chi connectivity index (χ4v) is 1.50. The van der Waals surface area contributed by atoms with Gasteiger partial charge in [-0.3, -0.25) is 14.7 Å². The molecule has 78 valence electrons. The van der Waals surface area contributed by atoms with Crippen LogP contribution in [0.5, 0.6) is 0 Å². The third kappa shape index (κ3) is 1.43. The second-order valence-electron chi connectivity index (χ2n) is 2.97. The van der Waals surface area contributed by atoms with E-state index in [2.05, 4.69) is 0 Å². The van der Waals surface area contributed by atoms with Crippen molar-refractivity contribution in [2.75, 3.05) is 0 Å². The van der Waals surface area contributed by atoms with Crippen LogP contribution in [-0.4, -0.2) is 9.49 Å². The first-order chi connectivity index (χ1) is 7.11. The average molecular weight is 212 g/mol. The summed E-state index contributed by atoms with van der Waals surface area (Å²) >= 11 is 0. The van der Waals surface area contributed by atoms with E-state index in [0.29, 0.717) is 4.57 Å². The molecule has 0 saturated heterocycles. The monoisotopic (exact) mass is 212 g/mol. The standard InChI is InChI=1S/C9H6F2N2O2/c10-9(11)12-5-4-6-7(12)2-1-3-8(6)13(14)15/h1-5,9H. The molecule has 6 heteroatoms. The first-order valence-electron chi connectivity index (χ1n) is 4.13. The molecular formula is C9H6F2N2O2. The van der Waals surface area contributed by atoms with Crippen LogP contribution in [0.1, 0.15) is 6.55 Å². The lowest BCUT2D eigenvalue weighted by Crippen LogP contribution is -1.95. The highest BCUT2D eigenvalue weighted by atomic mass is 19.3. The van der Waals surface area contributed by atoms with Gasteiger partial charge in [-0.05, 0) is 12.1 Å². The quantitative estimate of drug-likeness (QED) is 0.567. The summed E-state index contributed by atoms with van der Waals surface area (Å²) in [5, 5.41) is 10.8. The minimum Gasteiger partial charge on any atom is -0.291 e. The molecule has 0 N–H and O–H groups in total. The van der Waals surface area contributed by atoms with Crippen LogP contribution in [0.25, 0.3) is 10.9 Å². The van der Waals surface area contributed by atoms with Gasteiger partial charge in [0.25, 0.3) is 5.69 Å². The van der Waals surface area contributed by atoms with Crippen molar-refractivity contribution >= 4 is 16.6 Å². The van der Waals surface area contributed by atoms with E-state index in [1.807, 2.05) is 0 Å². The minimum atomic E-state index is -2.69. The van der Waals surface area contributed by atoms with Gasteiger partial charge in [0.1, 0.15) is 0 Å². The Balaban J connectivity index is 2.74. The highest BCUT2D eigenvalue weighted by molar-refractivity contribution is 5.89. The zero-order valence-electron chi connectivity index (χ0n) is 7.43. The van der Waals surface area contributed by atoms with E-state index in [1.165, 1.54) is 24.3 Å². The van der Waals surface area contributed by atoms with Crippen LogP contribution in [0.3, 0.4) is 0 Å². The maximum absolute atomic E-state index is 12.5. The summed E-state index contributed by atoms with van der Waals surface area (Å²) in [6.45, 7) is -2.69. The SMILES string of the molecule is O=[N+]([O-])c1cccc2c1ccn2C(F)F. The first-order valence-corrected chi connectivity index (χ1v) is 4.13. The van der Waals surface area contributed by atoms with Gasteiger partial charge < -0.3 is 0 Å². The zero-order valence-corrected chi connectivity index (χ0v) is 7.43. The van der Waals surface area contributed by atoms with Crippen LogP contribution in [0.15, 0.2) is 30.5 Å². The predicted octanol–water partition coefficient (Wildman–Crippen LogP) is 2.94. The number of benzene rings is 1. The minimum absolute atomic E-state index is 0.160. The van der Waals surface area contributed by atoms with Gasteiger partial charge in [0.15, 0.2) is 0 Å². The van der Waals surface area contributed by atoms with Crippen LogP contribution in [0.4, 0.5) is 14.5 Å². The Morgan fingerprint density at radius 2 is 2.07 bits per heavy atom. The van der Waals surface area contributed by atoms with Crippen LogP contribution < -0.4 is 0 Å². The first kappa shape index (κ1) is 9.57. The summed E-state index contributed by atoms with van der Waals surface area (Å²) < 4.78 is 25.6. The number of halogens is 2. The summed E-state index contributed by atoms with van der Waals surface area (Å²) in [5.74, 6) is 0. The normalized spacial score (nSPS) is 11.1. The summed E-state index contributed by atoms with van der Waals surface area (Å²) in [5.41, 5.74) is 0.00565. The summed E-state index contributed by atoms with van der Waals surface area (Å²) in [4.78, 5) is 10.0. The van der Waals surface area contributed by atoms with E-state index in [-0.39, 0.29) is 16.6 Å². The highest BCUT2D eigenvalue weighted by Crippen LogP contribution is 2.28. The molecule has 1 heterocycles. The number of rotatable bonds is 2. The van der Waals surface area contributed by atoms with Crippen LogP contribution in [0.2, 0.25) is 0 Å². The van der Waals surface area contributed by atoms with Gasteiger partial charge in [-0.2, -0.15) is 8.78 Å². The van der Waals surface area contributed by atoms with E-state index in [0.717, 1.165) is 6.20 Å². The average Bonchev–Trinajstić information content (AvgIpc) is 2.59. The van der Waals surface area contributed by atoms with Crippen molar-refractivity contribution in [2.45, 2.75) is 6.55 Å². The number of hydrogen-bond acceptors (Lipinski definition) is 2.